The predicted molar refractivity (Wildman–Crippen MR) is 126 cm³/mol. The molecule has 10 nitrogen and oxygen atoms in total. The van der Waals surface area contributed by atoms with Crippen molar-refractivity contribution in [3.8, 4) is 0 Å². The van der Waals surface area contributed by atoms with Crippen LogP contribution in [0.3, 0.4) is 0 Å². The van der Waals surface area contributed by atoms with Crippen LogP contribution >= 0.6 is 0 Å². The molecular weight excluding hydrogens is 444 g/mol. The number of ketones is 1. The van der Waals surface area contributed by atoms with E-state index in [1.807, 2.05) is 30.3 Å². The molecule has 0 aliphatic rings. The van der Waals surface area contributed by atoms with E-state index in [1.54, 1.807) is 0 Å². The van der Waals surface area contributed by atoms with Crippen LogP contribution in [0, 0.1) is 0 Å². The Labute approximate surface area is 195 Å². The molecule has 33 heavy (non-hydrogen) atoms. The van der Waals surface area contributed by atoms with E-state index in [-0.39, 0.29) is 31.8 Å². The highest BCUT2D eigenvalue weighted by molar-refractivity contribution is 6.76. The molecule has 0 spiro atoms. The summed E-state index contributed by atoms with van der Waals surface area (Å²) in [5.74, 6) is -1.88. The molecule has 0 radical (unpaired) electrons. The molecule has 1 rings (SSSR count). The van der Waals surface area contributed by atoms with Crippen molar-refractivity contribution in [3.05, 3.63) is 35.9 Å². The molecular formula is C22H34N4O6Si. The third-order valence-electron chi connectivity index (χ3n) is 4.37. The zero-order chi connectivity index (χ0) is 24.9. The molecule has 1 aromatic rings. The maximum absolute atomic E-state index is 12.4. The summed E-state index contributed by atoms with van der Waals surface area (Å²) in [5.41, 5.74) is 0.821. The number of carbonyl (C=O) groups excluding carboxylic acids is 5. The van der Waals surface area contributed by atoms with E-state index < -0.39 is 37.9 Å². The lowest BCUT2D eigenvalue weighted by Gasteiger charge is -2.18. The van der Waals surface area contributed by atoms with Gasteiger partial charge in [-0.1, -0.05) is 50.0 Å². The van der Waals surface area contributed by atoms with Gasteiger partial charge in [-0.05, 0) is 18.5 Å². The number of amides is 4. The Morgan fingerprint density at radius 1 is 0.879 bits per heavy atom. The molecule has 0 bridgehead atoms. The van der Waals surface area contributed by atoms with E-state index in [1.165, 1.54) is 6.92 Å². The number of carbonyl (C=O) groups is 5. The van der Waals surface area contributed by atoms with Crippen molar-refractivity contribution in [1.82, 2.24) is 21.3 Å². The molecule has 182 valence electrons. The highest BCUT2D eigenvalue weighted by atomic mass is 28.3. The summed E-state index contributed by atoms with van der Waals surface area (Å²) in [5, 5.41) is 9.75. The Hall–Kier alpha value is -3.21. The lowest BCUT2D eigenvalue weighted by atomic mass is 10.1. The number of alkyl carbamates (subject to hydrolysis) is 1. The van der Waals surface area contributed by atoms with Crippen molar-refractivity contribution in [3.63, 3.8) is 0 Å². The van der Waals surface area contributed by atoms with Gasteiger partial charge in [-0.2, -0.15) is 0 Å². The fourth-order valence-corrected chi connectivity index (χ4v) is 3.25. The van der Waals surface area contributed by atoms with Crippen LogP contribution in [0.25, 0.3) is 0 Å². The third kappa shape index (κ3) is 13.7. The first kappa shape index (κ1) is 27.8. The number of hydrogen-bond donors (Lipinski definition) is 4. The molecule has 0 aliphatic heterocycles. The Bertz CT molecular complexity index is 826. The second-order valence-electron chi connectivity index (χ2n) is 8.81. The Morgan fingerprint density at radius 2 is 1.52 bits per heavy atom. The van der Waals surface area contributed by atoms with Gasteiger partial charge in [-0.15, -0.1) is 0 Å². The quantitative estimate of drug-likeness (QED) is 0.306. The van der Waals surface area contributed by atoms with Crippen molar-refractivity contribution in [2.75, 3.05) is 26.2 Å². The Kier molecular flexibility index (Phi) is 11.8. The largest absolute Gasteiger partial charge is 0.450 e. The smallest absolute Gasteiger partial charge is 0.407 e. The standard InChI is InChI=1S/C22H34N4O6Si/c1-16(27)13-24-21(30)18(12-17-8-6-5-7-9-17)26-20(29)15-23-19(28)14-25-22(31)32-10-11-33(2,3)4/h5-9,18H,10-15H2,1-4H3,(H,23,28)(H,24,30)(H,25,31)(H,26,29)/t18-/m0/s1. The van der Waals surface area contributed by atoms with Gasteiger partial charge in [-0.25, -0.2) is 4.79 Å². The van der Waals surface area contributed by atoms with E-state index in [4.69, 9.17) is 4.74 Å². The van der Waals surface area contributed by atoms with Gasteiger partial charge >= 0.3 is 6.09 Å². The highest BCUT2D eigenvalue weighted by Crippen LogP contribution is 2.07. The molecule has 0 saturated heterocycles. The Morgan fingerprint density at radius 3 is 2.12 bits per heavy atom. The summed E-state index contributed by atoms with van der Waals surface area (Å²) >= 11 is 0. The van der Waals surface area contributed by atoms with Gasteiger partial charge in [-0.3, -0.25) is 19.2 Å². The van der Waals surface area contributed by atoms with Gasteiger partial charge in [0.25, 0.3) is 0 Å². The first-order valence-corrected chi connectivity index (χ1v) is 14.4. The van der Waals surface area contributed by atoms with Gasteiger partial charge < -0.3 is 26.0 Å². The number of rotatable bonds is 13. The van der Waals surface area contributed by atoms with Crippen molar-refractivity contribution in [2.24, 2.45) is 0 Å². The zero-order valence-electron chi connectivity index (χ0n) is 19.7. The van der Waals surface area contributed by atoms with E-state index >= 15 is 0 Å². The van der Waals surface area contributed by atoms with Crippen LogP contribution in [-0.4, -0.2) is 70.0 Å². The lowest BCUT2D eigenvalue weighted by Crippen LogP contribution is -2.51. The summed E-state index contributed by atoms with van der Waals surface area (Å²) in [6, 6.07) is 8.97. The van der Waals surface area contributed by atoms with Crippen LogP contribution in [0.1, 0.15) is 12.5 Å². The monoisotopic (exact) mass is 478 g/mol. The fourth-order valence-electron chi connectivity index (χ4n) is 2.53. The highest BCUT2D eigenvalue weighted by Gasteiger charge is 2.22. The molecule has 0 heterocycles. The lowest BCUT2D eigenvalue weighted by molar-refractivity contribution is -0.130. The van der Waals surface area contributed by atoms with Crippen LogP contribution < -0.4 is 21.3 Å². The van der Waals surface area contributed by atoms with Crippen molar-refractivity contribution in [2.45, 2.75) is 45.1 Å². The van der Waals surface area contributed by atoms with Crippen LogP contribution in [0.5, 0.6) is 0 Å². The number of ether oxygens (including phenoxy) is 1. The van der Waals surface area contributed by atoms with Gasteiger partial charge in [0.05, 0.1) is 19.7 Å². The molecule has 1 atom stereocenters. The van der Waals surface area contributed by atoms with E-state index in [2.05, 4.69) is 40.9 Å². The van der Waals surface area contributed by atoms with Crippen LogP contribution in [-0.2, 0) is 30.3 Å². The maximum atomic E-state index is 12.4. The number of nitrogens with one attached hydrogen (secondary N) is 4. The maximum Gasteiger partial charge on any atom is 0.407 e. The minimum Gasteiger partial charge on any atom is -0.450 e. The molecule has 0 fully saturated rings. The molecule has 4 N–H and O–H groups in total. The topological polar surface area (TPSA) is 143 Å². The van der Waals surface area contributed by atoms with Crippen LogP contribution in [0.2, 0.25) is 25.7 Å². The van der Waals surface area contributed by atoms with Crippen molar-refractivity contribution >= 4 is 37.7 Å². The van der Waals surface area contributed by atoms with E-state index in [0.29, 0.717) is 6.61 Å². The first-order chi connectivity index (χ1) is 15.5. The van der Waals surface area contributed by atoms with Crippen molar-refractivity contribution in [1.29, 1.82) is 0 Å². The molecule has 0 unspecified atom stereocenters. The summed E-state index contributed by atoms with van der Waals surface area (Å²) < 4.78 is 5.03. The molecule has 0 aromatic heterocycles. The predicted octanol–water partition coefficient (Wildman–Crippen LogP) is 0.600. The average Bonchev–Trinajstić information content (AvgIpc) is 2.74. The normalized spacial score (nSPS) is 11.6. The van der Waals surface area contributed by atoms with Gasteiger partial charge in [0, 0.05) is 14.5 Å². The molecule has 1 aromatic carbocycles. The second kappa shape index (κ2) is 14.0. The molecule has 11 heteroatoms. The molecule has 4 amide bonds. The van der Waals surface area contributed by atoms with Gasteiger partial charge in [0.15, 0.2) is 0 Å². The van der Waals surface area contributed by atoms with Crippen LogP contribution in [0.15, 0.2) is 30.3 Å². The molecule has 0 saturated carbocycles. The SMILES string of the molecule is CC(=O)CNC(=O)[C@H](Cc1ccccc1)NC(=O)CNC(=O)CNC(=O)OCC[Si](C)(C)C. The first-order valence-electron chi connectivity index (χ1n) is 10.7. The van der Waals surface area contributed by atoms with Gasteiger partial charge in [0.2, 0.25) is 17.7 Å². The summed E-state index contributed by atoms with van der Waals surface area (Å²) in [6.07, 6.45) is -0.479. The summed E-state index contributed by atoms with van der Waals surface area (Å²) in [7, 11) is -1.33. The van der Waals surface area contributed by atoms with E-state index in [9.17, 15) is 24.0 Å². The fraction of sp³-hybridized carbons (Fsp3) is 0.500. The molecule has 0 aliphatic carbocycles. The summed E-state index contributed by atoms with van der Waals surface area (Å²) in [4.78, 5) is 59.4. The zero-order valence-corrected chi connectivity index (χ0v) is 20.7. The Balaban J connectivity index is 2.47. The third-order valence-corrected chi connectivity index (χ3v) is 6.07. The minimum atomic E-state index is -1.33. The van der Waals surface area contributed by atoms with Crippen molar-refractivity contribution < 1.29 is 28.7 Å². The van der Waals surface area contributed by atoms with E-state index in [0.717, 1.165) is 11.6 Å². The average molecular weight is 479 g/mol. The summed E-state index contributed by atoms with van der Waals surface area (Å²) in [6.45, 7) is 7.24. The number of Topliss-reactive ketones (excluding diaryl/α,β-unsaturated/α-hetero) is 1. The van der Waals surface area contributed by atoms with Crippen LogP contribution in [0.4, 0.5) is 4.79 Å². The number of hydrogen-bond acceptors (Lipinski definition) is 6. The minimum absolute atomic E-state index is 0.142. The van der Waals surface area contributed by atoms with Gasteiger partial charge in [0.1, 0.15) is 18.4 Å². The second-order valence-corrected chi connectivity index (χ2v) is 14.4. The number of benzene rings is 1.